The fraction of sp³-hybridized carbons (Fsp3) is 0.722. The largest absolute Gasteiger partial charge is 0.478 e. The highest BCUT2D eigenvalue weighted by Crippen LogP contribution is 2.72. The normalized spacial score (nSPS) is 37.2. The molecule has 0 aliphatic heterocycles. The van der Waals surface area contributed by atoms with Gasteiger partial charge in [-0.3, -0.25) is 14.4 Å². The molecular formula is C36H52O8. The first-order chi connectivity index (χ1) is 20.3. The molecule has 0 bridgehead atoms. The molecule has 1 N–H and O–H groups in total. The third-order valence-corrected chi connectivity index (χ3v) is 12.4. The molecule has 4 aliphatic rings. The van der Waals surface area contributed by atoms with Crippen molar-refractivity contribution in [3.05, 3.63) is 34.9 Å². The van der Waals surface area contributed by atoms with Crippen LogP contribution in [0.15, 0.2) is 34.9 Å². The van der Waals surface area contributed by atoms with E-state index in [2.05, 4.69) is 53.7 Å². The van der Waals surface area contributed by atoms with E-state index >= 15 is 0 Å². The minimum Gasteiger partial charge on any atom is -0.478 e. The molecule has 2 fully saturated rings. The Labute approximate surface area is 262 Å². The Balaban J connectivity index is 1.78. The van der Waals surface area contributed by atoms with Gasteiger partial charge in [-0.25, -0.2) is 4.79 Å². The zero-order valence-electron chi connectivity index (χ0n) is 28.2. The van der Waals surface area contributed by atoms with Gasteiger partial charge in [0.1, 0.15) is 18.3 Å². The first kappa shape index (κ1) is 34.0. The summed E-state index contributed by atoms with van der Waals surface area (Å²) < 4.78 is 17.8. The first-order valence-corrected chi connectivity index (χ1v) is 16.1. The molecule has 0 aromatic rings. The molecule has 0 spiro atoms. The van der Waals surface area contributed by atoms with Crippen LogP contribution in [0.4, 0.5) is 0 Å². The highest BCUT2D eigenvalue weighted by Gasteiger charge is 2.68. The fourth-order valence-electron chi connectivity index (χ4n) is 9.83. The van der Waals surface area contributed by atoms with E-state index in [-0.39, 0.29) is 63.7 Å². The molecule has 0 aromatic carbocycles. The van der Waals surface area contributed by atoms with Crippen LogP contribution in [0, 0.1) is 39.4 Å². The minimum absolute atomic E-state index is 0.0279. The third-order valence-electron chi connectivity index (χ3n) is 12.4. The first-order valence-electron chi connectivity index (χ1n) is 16.1. The van der Waals surface area contributed by atoms with Crippen molar-refractivity contribution < 1.29 is 38.5 Å². The van der Waals surface area contributed by atoms with Gasteiger partial charge in [-0.05, 0) is 78.8 Å². The lowest BCUT2D eigenvalue weighted by Gasteiger charge is -2.61. The van der Waals surface area contributed by atoms with E-state index in [1.165, 1.54) is 31.9 Å². The number of hydrogen-bond acceptors (Lipinski definition) is 7. The van der Waals surface area contributed by atoms with Crippen molar-refractivity contribution in [1.29, 1.82) is 0 Å². The van der Waals surface area contributed by atoms with Crippen LogP contribution in [-0.2, 0) is 33.4 Å². The van der Waals surface area contributed by atoms with Crippen molar-refractivity contribution in [2.45, 2.75) is 126 Å². The van der Waals surface area contributed by atoms with Crippen LogP contribution in [0.3, 0.4) is 0 Å². The number of carboxylic acid groups (broad SMARTS) is 1. The fourth-order valence-corrected chi connectivity index (χ4v) is 9.83. The van der Waals surface area contributed by atoms with Crippen molar-refractivity contribution in [2.24, 2.45) is 39.4 Å². The Morgan fingerprint density at radius 2 is 1.55 bits per heavy atom. The molecule has 44 heavy (non-hydrogen) atoms. The van der Waals surface area contributed by atoms with E-state index < -0.39 is 23.5 Å². The van der Waals surface area contributed by atoms with E-state index in [4.69, 9.17) is 14.2 Å². The number of carbonyl (C=O) groups is 4. The summed E-state index contributed by atoms with van der Waals surface area (Å²) in [4.78, 5) is 48.2. The van der Waals surface area contributed by atoms with Crippen LogP contribution in [0.1, 0.15) is 108 Å². The molecule has 0 amide bonds. The lowest BCUT2D eigenvalue weighted by molar-refractivity contribution is -0.166. The van der Waals surface area contributed by atoms with Gasteiger partial charge in [0.05, 0.1) is 0 Å². The summed E-state index contributed by atoms with van der Waals surface area (Å²) in [6.07, 6.45) is 9.58. The van der Waals surface area contributed by atoms with Crippen LogP contribution in [0.2, 0.25) is 0 Å². The van der Waals surface area contributed by atoms with Crippen molar-refractivity contribution >= 4 is 23.9 Å². The molecule has 0 saturated heterocycles. The van der Waals surface area contributed by atoms with E-state index in [0.29, 0.717) is 12.8 Å². The van der Waals surface area contributed by atoms with Gasteiger partial charge in [-0.15, -0.1) is 0 Å². The Hall–Kier alpha value is -2.90. The highest BCUT2D eigenvalue weighted by molar-refractivity contribution is 5.85. The second-order valence-electron chi connectivity index (χ2n) is 15.1. The van der Waals surface area contributed by atoms with Crippen LogP contribution in [-0.4, -0.2) is 47.3 Å². The van der Waals surface area contributed by atoms with Gasteiger partial charge in [0.15, 0.2) is 0 Å². The number of allylic oxidation sites excluding steroid dienone is 3. The van der Waals surface area contributed by atoms with Gasteiger partial charge < -0.3 is 19.3 Å². The zero-order valence-corrected chi connectivity index (χ0v) is 28.2. The van der Waals surface area contributed by atoms with Crippen molar-refractivity contribution in [3.63, 3.8) is 0 Å². The second-order valence-corrected chi connectivity index (χ2v) is 15.1. The lowest BCUT2D eigenvalue weighted by atomic mass is 9.44. The molecule has 4 aliphatic carbocycles. The minimum atomic E-state index is -0.999. The van der Waals surface area contributed by atoms with Gasteiger partial charge in [-0.2, -0.15) is 0 Å². The number of esters is 3. The maximum Gasteiger partial charge on any atom is 0.330 e. The summed E-state index contributed by atoms with van der Waals surface area (Å²) in [7, 11) is 0. The SMILES string of the molecule is CC(=O)O[C@@H](C/C=C(\C)C(=O)O)[C@H](C)[C@H]1C[C@H](OC(C)=O)[C@@]2(C)C3=CC[C@H]4C(C)(C)[C@@H](OC(C)=O)CC[C@]4(C)C3=CC[C@]12C. The molecule has 0 aromatic heterocycles. The average Bonchev–Trinajstić information content (AvgIpc) is 3.13. The quantitative estimate of drug-likeness (QED) is 0.177. The standard InChI is InChI=1S/C36H52O8/c1-20(32(40)41)11-13-28(42-22(3)37)21(2)27-19-31(44-24(5)39)36(10)26-12-14-29-33(6,7)30(43-23(4)38)16-17-34(29,8)25(26)15-18-35(27,36)9/h11-12,15,21,27-31H,13-14,16-19H2,1-10H3,(H,40,41)/b20-11+/t21-,27-,28+,29+,30+,31+,34-,35-,36-/m1/s1. The van der Waals surface area contributed by atoms with Crippen molar-refractivity contribution in [3.8, 4) is 0 Å². The predicted molar refractivity (Wildman–Crippen MR) is 166 cm³/mol. The number of aliphatic carboxylic acids is 1. The Bertz CT molecular complexity index is 1300. The number of rotatable bonds is 8. The Morgan fingerprint density at radius 3 is 2.11 bits per heavy atom. The Morgan fingerprint density at radius 1 is 0.932 bits per heavy atom. The van der Waals surface area contributed by atoms with E-state index in [1.54, 1.807) is 13.0 Å². The molecule has 0 unspecified atom stereocenters. The molecule has 9 atom stereocenters. The third kappa shape index (κ3) is 5.44. The number of ether oxygens (including phenoxy) is 3. The van der Waals surface area contributed by atoms with E-state index in [0.717, 1.165) is 25.7 Å². The zero-order chi connectivity index (χ0) is 33.0. The molecule has 0 radical (unpaired) electrons. The van der Waals surface area contributed by atoms with Crippen LogP contribution >= 0.6 is 0 Å². The van der Waals surface area contributed by atoms with Gasteiger partial charge in [0, 0.05) is 43.6 Å². The summed E-state index contributed by atoms with van der Waals surface area (Å²) in [6.45, 7) is 19.3. The topological polar surface area (TPSA) is 116 Å². The molecule has 0 heterocycles. The Kier molecular flexibility index (Phi) is 9.11. The number of fused-ring (bicyclic) bond motifs is 5. The summed E-state index contributed by atoms with van der Waals surface area (Å²) in [5, 5.41) is 9.41. The highest BCUT2D eigenvalue weighted by atomic mass is 16.6. The second kappa shape index (κ2) is 11.8. The smallest absolute Gasteiger partial charge is 0.330 e. The summed E-state index contributed by atoms with van der Waals surface area (Å²) in [6, 6.07) is 0. The number of carboxylic acids is 1. The molecule has 8 nitrogen and oxygen atoms in total. The van der Waals surface area contributed by atoms with Crippen LogP contribution in [0.25, 0.3) is 0 Å². The maximum atomic E-state index is 12.5. The molecule has 8 heteroatoms. The average molecular weight is 613 g/mol. The molecule has 4 rings (SSSR count). The predicted octanol–water partition coefficient (Wildman–Crippen LogP) is 6.97. The summed E-state index contributed by atoms with van der Waals surface area (Å²) in [5.41, 5.74) is 1.63. The summed E-state index contributed by atoms with van der Waals surface area (Å²) in [5.74, 6) is -1.78. The van der Waals surface area contributed by atoms with Gasteiger partial charge >= 0.3 is 23.9 Å². The van der Waals surface area contributed by atoms with Gasteiger partial charge in [0.2, 0.25) is 0 Å². The molecular weight excluding hydrogens is 560 g/mol. The van der Waals surface area contributed by atoms with Crippen molar-refractivity contribution in [1.82, 2.24) is 0 Å². The van der Waals surface area contributed by atoms with Crippen LogP contribution in [0.5, 0.6) is 0 Å². The number of hydrogen-bond donors (Lipinski definition) is 1. The molecule has 2 saturated carbocycles. The van der Waals surface area contributed by atoms with Gasteiger partial charge in [0.25, 0.3) is 0 Å². The molecule has 244 valence electrons. The maximum absolute atomic E-state index is 12.5. The summed E-state index contributed by atoms with van der Waals surface area (Å²) >= 11 is 0. The lowest BCUT2D eigenvalue weighted by Crippen LogP contribution is -2.56. The van der Waals surface area contributed by atoms with Gasteiger partial charge in [-0.1, -0.05) is 59.8 Å². The van der Waals surface area contributed by atoms with Crippen molar-refractivity contribution in [2.75, 3.05) is 0 Å². The number of carbonyl (C=O) groups excluding carboxylic acids is 3. The van der Waals surface area contributed by atoms with E-state index in [9.17, 15) is 24.3 Å². The monoisotopic (exact) mass is 612 g/mol. The van der Waals surface area contributed by atoms with Crippen LogP contribution < -0.4 is 0 Å². The van der Waals surface area contributed by atoms with E-state index in [1.807, 2.05) is 0 Å².